The summed E-state index contributed by atoms with van der Waals surface area (Å²) in [6.07, 6.45) is 2.02. The third kappa shape index (κ3) is 4.51. The average Bonchev–Trinajstić information content (AvgIpc) is 3.11. The van der Waals surface area contributed by atoms with E-state index in [4.69, 9.17) is 9.47 Å². The van der Waals surface area contributed by atoms with Crippen molar-refractivity contribution in [1.29, 1.82) is 0 Å². The lowest BCUT2D eigenvalue weighted by atomic mass is 10.2. The van der Waals surface area contributed by atoms with Gasteiger partial charge in [0.2, 0.25) is 0 Å². The van der Waals surface area contributed by atoms with Crippen molar-refractivity contribution in [3.63, 3.8) is 0 Å². The smallest absolute Gasteiger partial charge is 0.279 e. The van der Waals surface area contributed by atoms with Gasteiger partial charge in [-0.15, -0.1) is 0 Å². The predicted molar refractivity (Wildman–Crippen MR) is 123 cm³/mol. The first-order valence-electron chi connectivity index (χ1n) is 9.76. The van der Waals surface area contributed by atoms with Crippen LogP contribution in [0, 0.1) is 0 Å². The van der Waals surface area contributed by atoms with E-state index in [9.17, 15) is 13.2 Å². The zero-order valence-electron chi connectivity index (χ0n) is 17.2. The van der Waals surface area contributed by atoms with E-state index in [-0.39, 0.29) is 16.2 Å². The van der Waals surface area contributed by atoms with Gasteiger partial charge in [0.15, 0.2) is 26.1 Å². The molecule has 1 aromatic heterocycles. The van der Waals surface area contributed by atoms with Crippen molar-refractivity contribution in [1.82, 2.24) is 4.57 Å². The average molecular weight is 479 g/mol. The second-order valence-electron chi connectivity index (χ2n) is 6.84. The molecule has 3 aromatic rings. The van der Waals surface area contributed by atoms with Gasteiger partial charge in [-0.05, 0) is 24.5 Å². The third-order valence-corrected chi connectivity index (χ3v) is 8.25. The molecule has 2 heterocycles. The van der Waals surface area contributed by atoms with Gasteiger partial charge < -0.3 is 14.0 Å². The normalized spacial score (nSPS) is 14.2. The minimum atomic E-state index is -3.40. The number of rotatable bonds is 6. The molecule has 0 atom stereocenters. The lowest BCUT2D eigenvalue weighted by Gasteiger charge is -2.18. The third-order valence-electron chi connectivity index (χ3n) is 4.88. The van der Waals surface area contributed by atoms with Gasteiger partial charge in [0.1, 0.15) is 13.2 Å². The second kappa shape index (κ2) is 9.05. The molecule has 2 aromatic carbocycles. The molecule has 0 spiro atoms. The molecule has 0 saturated carbocycles. The Hall–Kier alpha value is -2.30. The molecule has 4 rings (SSSR count). The van der Waals surface area contributed by atoms with Crippen LogP contribution in [-0.4, -0.2) is 49.9 Å². The number of ether oxygens (including phenoxy) is 2. The van der Waals surface area contributed by atoms with E-state index in [1.54, 1.807) is 30.8 Å². The van der Waals surface area contributed by atoms with Crippen LogP contribution in [0.4, 0.5) is 0 Å². The number of carbonyl (C=O) groups is 1. The van der Waals surface area contributed by atoms with Crippen LogP contribution in [0.5, 0.6) is 11.5 Å². The van der Waals surface area contributed by atoms with E-state index in [2.05, 4.69) is 4.99 Å². The van der Waals surface area contributed by atoms with Gasteiger partial charge in [0, 0.05) is 30.0 Å². The highest BCUT2D eigenvalue weighted by Gasteiger charge is 2.18. The fraction of sp³-hybridized carbons (Fsp3) is 0.333. The number of sulfone groups is 1. The Labute approximate surface area is 188 Å². The molecule has 1 aliphatic heterocycles. The quantitative estimate of drug-likeness (QED) is 0.540. The number of nitrogens with zero attached hydrogens (tertiary/aromatic N) is 2. The summed E-state index contributed by atoms with van der Waals surface area (Å²) in [4.78, 5) is 18.0. The van der Waals surface area contributed by atoms with Crippen LogP contribution in [0.25, 0.3) is 10.2 Å². The van der Waals surface area contributed by atoms with Gasteiger partial charge in [-0.2, -0.15) is 16.8 Å². The minimum Gasteiger partial charge on any atom is -0.486 e. The van der Waals surface area contributed by atoms with Gasteiger partial charge in [0.05, 0.1) is 20.9 Å². The fourth-order valence-electron chi connectivity index (χ4n) is 3.23. The molecule has 0 aliphatic carbocycles. The first kappa shape index (κ1) is 21.9. The standard InChI is InChI=1S/C21H22N2O5S3/c1-3-31(25,26)15-6-4-5-14(11-15)20(24)22-21-23(7-10-29-2)16-12-17-18(13-19(16)30-21)28-9-8-27-17/h4-6,11-13H,3,7-10H2,1-2H3. The van der Waals surface area contributed by atoms with Crippen LogP contribution < -0.4 is 14.3 Å². The van der Waals surface area contributed by atoms with Crippen molar-refractivity contribution in [2.24, 2.45) is 4.99 Å². The Morgan fingerprint density at radius 2 is 1.94 bits per heavy atom. The number of hydrogen-bond donors (Lipinski definition) is 0. The number of hydrogen-bond acceptors (Lipinski definition) is 7. The number of carbonyl (C=O) groups excluding carboxylic acids is 1. The van der Waals surface area contributed by atoms with Crippen molar-refractivity contribution in [3.8, 4) is 11.5 Å². The van der Waals surface area contributed by atoms with Crippen LogP contribution in [0.15, 0.2) is 46.3 Å². The van der Waals surface area contributed by atoms with Crippen molar-refractivity contribution in [3.05, 3.63) is 46.8 Å². The maximum atomic E-state index is 12.9. The Morgan fingerprint density at radius 1 is 1.19 bits per heavy atom. The molecule has 1 amide bonds. The number of aryl methyl sites for hydroxylation is 1. The Morgan fingerprint density at radius 3 is 2.65 bits per heavy atom. The van der Waals surface area contributed by atoms with Crippen LogP contribution in [-0.2, 0) is 16.4 Å². The van der Waals surface area contributed by atoms with Crippen LogP contribution in [0.1, 0.15) is 17.3 Å². The zero-order valence-corrected chi connectivity index (χ0v) is 19.6. The molecule has 7 nitrogen and oxygen atoms in total. The summed E-state index contributed by atoms with van der Waals surface area (Å²) in [5.74, 6) is 1.72. The van der Waals surface area contributed by atoms with E-state index >= 15 is 0 Å². The molecule has 0 bridgehead atoms. The lowest BCUT2D eigenvalue weighted by molar-refractivity contribution is 0.0997. The summed E-state index contributed by atoms with van der Waals surface area (Å²) < 4.78 is 38.7. The van der Waals surface area contributed by atoms with Gasteiger partial charge in [0.25, 0.3) is 5.91 Å². The van der Waals surface area contributed by atoms with Gasteiger partial charge in [-0.25, -0.2) is 8.42 Å². The van der Waals surface area contributed by atoms with E-state index in [1.807, 2.05) is 23.0 Å². The molecular formula is C21H22N2O5S3. The molecule has 0 radical (unpaired) electrons. The maximum absolute atomic E-state index is 12.9. The van der Waals surface area contributed by atoms with Crippen molar-refractivity contribution >= 4 is 49.1 Å². The topological polar surface area (TPSA) is 87.0 Å². The van der Waals surface area contributed by atoms with E-state index in [1.165, 1.54) is 23.5 Å². The molecular weight excluding hydrogens is 456 g/mol. The first-order chi connectivity index (χ1) is 14.9. The number of aromatic nitrogens is 1. The molecule has 1 aliphatic rings. The van der Waals surface area contributed by atoms with Gasteiger partial charge in [-0.3, -0.25) is 4.79 Å². The monoisotopic (exact) mass is 478 g/mol. The number of thiazole rings is 1. The number of thioether (sulfide) groups is 1. The maximum Gasteiger partial charge on any atom is 0.279 e. The van der Waals surface area contributed by atoms with Crippen LogP contribution in [0.3, 0.4) is 0 Å². The Kier molecular flexibility index (Phi) is 6.40. The minimum absolute atomic E-state index is 0.0262. The largest absolute Gasteiger partial charge is 0.486 e. The van der Waals surface area contributed by atoms with Crippen molar-refractivity contribution in [2.75, 3.05) is 31.0 Å². The van der Waals surface area contributed by atoms with E-state index in [0.29, 0.717) is 36.1 Å². The molecule has 0 unspecified atom stereocenters. The fourth-order valence-corrected chi connectivity index (χ4v) is 5.59. The molecule has 0 saturated heterocycles. The SMILES string of the molecule is CCS(=O)(=O)c1cccc(C(=O)N=c2sc3cc4c(cc3n2CCSC)OCCO4)c1. The molecule has 0 N–H and O–H groups in total. The van der Waals surface area contributed by atoms with Crippen molar-refractivity contribution in [2.45, 2.75) is 18.4 Å². The predicted octanol–water partition coefficient (Wildman–Crippen LogP) is 3.37. The summed E-state index contributed by atoms with van der Waals surface area (Å²) in [5.41, 5.74) is 1.17. The molecule has 0 fully saturated rings. The Balaban J connectivity index is 1.81. The highest BCUT2D eigenvalue weighted by Crippen LogP contribution is 2.35. The van der Waals surface area contributed by atoms with Gasteiger partial charge >= 0.3 is 0 Å². The van der Waals surface area contributed by atoms with Crippen LogP contribution in [0.2, 0.25) is 0 Å². The molecule has 10 heteroatoms. The second-order valence-corrected chi connectivity index (χ2v) is 11.1. The number of amides is 1. The van der Waals surface area contributed by atoms with Gasteiger partial charge in [-0.1, -0.05) is 24.3 Å². The highest BCUT2D eigenvalue weighted by atomic mass is 32.2. The highest BCUT2D eigenvalue weighted by molar-refractivity contribution is 7.98. The van der Waals surface area contributed by atoms with Crippen LogP contribution >= 0.6 is 23.1 Å². The summed E-state index contributed by atoms with van der Waals surface area (Å²) in [5, 5.41) is 0. The first-order valence-corrected chi connectivity index (χ1v) is 13.6. The number of fused-ring (bicyclic) bond motifs is 2. The van der Waals surface area contributed by atoms with E-state index < -0.39 is 15.7 Å². The number of benzene rings is 2. The zero-order chi connectivity index (χ0) is 22.0. The summed E-state index contributed by atoms with van der Waals surface area (Å²) in [6, 6.07) is 9.89. The molecule has 31 heavy (non-hydrogen) atoms. The van der Waals surface area contributed by atoms with E-state index in [0.717, 1.165) is 16.0 Å². The molecule has 164 valence electrons. The summed E-state index contributed by atoms with van der Waals surface area (Å²) in [6.45, 7) is 3.26. The summed E-state index contributed by atoms with van der Waals surface area (Å²) >= 11 is 3.10. The summed E-state index contributed by atoms with van der Waals surface area (Å²) in [7, 11) is -3.40. The Bertz CT molecular complexity index is 1310. The lowest BCUT2D eigenvalue weighted by Crippen LogP contribution is -2.19. The van der Waals surface area contributed by atoms with Crippen molar-refractivity contribution < 1.29 is 22.7 Å².